The van der Waals surface area contributed by atoms with Gasteiger partial charge in [0.1, 0.15) is 11.5 Å². The maximum Gasteiger partial charge on any atom is 0.243 e. The first-order valence-electron chi connectivity index (χ1n) is 10.1. The van der Waals surface area contributed by atoms with Gasteiger partial charge in [-0.25, -0.2) is 18.4 Å². The molecule has 1 aliphatic heterocycles. The van der Waals surface area contributed by atoms with Crippen molar-refractivity contribution in [2.24, 2.45) is 0 Å². The van der Waals surface area contributed by atoms with E-state index in [1.165, 1.54) is 4.31 Å². The minimum absolute atomic E-state index is 0.296. The standard InChI is InChI=1S/C22H25N5O3S/c1-16-17(2)25-22(20-5-3-4-10-23-20)26-21(16)24-15-18-6-8-19(9-7-18)31(28,29)27-11-13-30-14-12-27/h3-10H,11-15H2,1-2H3,(H,24,25,26). The average Bonchev–Trinajstić information content (AvgIpc) is 2.81. The van der Waals surface area contributed by atoms with Crippen molar-refractivity contribution in [3.63, 3.8) is 0 Å². The Morgan fingerprint density at radius 2 is 1.77 bits per heavy atom. The van der Waals surface area contributed by atoms with E-state index in [-0.39, 0.29) is 0 Å². The van der Waals surface area contributed by atoms with Crippen molar-refractivity contribution in [1.82, 2.24) is 19.3 Å². The van der Waals surface area contributed by atoms with Gasteiger partial charge in [-0.15, -0.1) is 0 Å². The van der Waals surface area contributed by atoms with Crippen LogP contribution in [0.5, 0.6) is 0 Å². The molecule has 1 saturated heterocycles. The molecule has 0 amide bonds. The van der Waals surface area contributed by atoms with Crippen molar-refractivity contribution in [3.8, 4) is 11.5 Å². The molecular formula is C22H25N5O3S. The number of nitrogens with one attached hydrogen (secondary N) is 1. The van der Waals surface area contributed by atoms with E-state index in [1.54, 1.807) is 18.3 Å². The molecule has 9 heteroatoms. The molecule has 1 fully saturated rings. The van der Waals surface area contributed by atoms with Gasteiger partial charge in [0, 0.05) is 37.1 Å². The van der Waals surface area contributed by atoms with Gasteiger partial charge in [-0.3, -0.25) is 4.98 Å². The summed E-state index contributed by atoms with van der Waals surface area (Å²) in [5.41, 5.74) is 3.51. The molecule has 1 N–H and O–H groups in total. The smallest absolute Gasteiger partial charge is 0.243 e. The topological polar surface area (TPSA) is 97.3 Å². The van der Waals surface area contributed by atoms with Crippen molar-refractivity contribution >= 4 is 15.8 Å². The molecule has 2 aromatic heterocycles. The van der Waals surface area contributed by atoms with E-state index in [9.17, 15) is 8.42 Å². The Kier molecular flexibility index (Phi) is 6.26. The molecule has 4 rings (SSSR count). The number of ether oxygens (including phenoxy) is 1. The van der Waals surface area contributed by atoms with Gasteiger partial charge in [-0.2, -0.15) is 4.31 Å². The first-order valence-corrected chi connectivity index (χ1v) is 11.6. The molecule has 31 heavy (non-hydrogen) atoms. The van der Waals surface area contributed by atoms with Gasteiger partial charge in [-0.05, 0) is 43.7 Å². The third-order valence-electron chi connectivity index (χ3n) is 5.27. The largest absolute Gasteiger partial charge is 0.379 e. The van der Waals surface area contributed by atoms with Gasteiger partial charge in [0.15, 0.2) is 5.82 Å². The summed E-state index contributed by atoms with van der Waals surface area (Å²) in [7, 11) is -3.49. The van der Waals surface area contributed by atoms with E-state index in [0.717, 1.165) is 22.6 Å². The Hall–Kier alpha value is -2.88. The highest BCUT2D eigenvalue weighted by Crippen LogP contribution is 2.22. The number of anilines is 1. The molecule has 0 unspecified atom stereocenters. The van der Waals surface area contributed by atoms with Crippen LogP contribution in [0.1, 0.15) is 16.8 Å². The number of morpholine rings is 1. The molecule has 0 aliphatic carbocycles. The third-order valence-corrected chi connectivity index (χ3v) is 7.19. The van der Waals surface area contributed by atoms with E-state index in [4.69, 9.17) is 4.74 Å². The Bertz CT molecular complexity index is 1150. The summed E-state index contributed by atoms with van der Waals surface area (Å²) in [6, 6.07) is 12.6. The number of hydrogen-bond donors (Lipinski definition) is 1. The maximum absolute atomic E-state index is 12.8. The molecule has 3 heterocycles. The van der Waals surface area contributed by atoms with E-state index in [0.29, 0.717) is 49.3 Å². The number of pyridine rings is 1. The van der Waals surface area contributed by atoms with Crippen molar-refractivity contribution in [3.05, 3.63) is 65.5 Å². The molecule has 1 aromatic carbocycles. The van der Waals surface area contributed by atoms with Crippen LogP contribution in [0.3, 0.4) is 0 Å². The van der Waals surface area contributed by atoms with Gasteiger partial charge < -0.3 is 10.1 Å². The monoisotopic (exact) mass is 439 g/mol. The zero-order valence-corrected chi connectivity index (χ0v) is 18.4. The number of rotatable bonds is 6. The fourth-order valence-electron chi connectivity index (χ4n) is 3.31. The molecule has 0 atom stereocenters. The predicted molar refractivity (Wildman–Crippen MR) is 118 cm³/mol. The summed E-state index contributed by atoms with van der Waals surface area (Å²) in [4.78, 5) is 13.8. The molecule has 162 valence electrons. The van der Waals surface area contributed by atoms with Gasteiger partial charge in [0.25, 0.3) is 0 Å². The van der Waals surface area contributed by atoms with Crippen LogP contribution < -0.4 is 5.32 Å². The van der Waals surface area contributed by atoms with Crippen LogP contribution in [0.15, 0.2) is 53.6 Å². The number of benzene rings is 1. The quantitative estimate of drug-likeness (QED) is 0.631. The number of nitrogens with zero attached hydrogens (tertiary/aromatic N) is 4. The third kappa shape index (κ3) is 4.73. The number of hydrogen-bond acceptors (Lipinski definition) is 7. The lowest BCUT2D eigenvalue weighted by Crippen LogP contribution is -2.40. The van der Waals surface area contributed by atoms with Crippen LogP contribution in [0.4, 0.5) is 5.82 Å². The maximum atomic E-state index is 12.8. The van der Waals surface area contributed by atoms with Crippen LogP contribution in [0.2, 0.25) is 0 Å². The van der Waals surface area contributed by atoms with Crippen LogP contribution in [-0.2, 0) is 21.3 Å². The van der Waals surface area contributed by atoms with E-state index < -0.39 is 10.0 Å². The van der Waals surface area contributed by atoms with Crippen LogP contribution in [-0.4, -0.2) is 54.0 Å². The summed E-state index contributed by atoms with van der Waals surface area (Å²) >= 11 is 0. The summed E-state index contributed by atoms with van der Waals surface area (Å²) in [6.45, 7) is 6.06. The normalized spacial score (nSPS) is 15.0. The first kappa shape index (κ1) is 21.4. The van der Waals surface area contributed by atoms with Gasteiger partial charge in [-0.1, -0.05) is 18.2 Å². The highest BCUT2D eigenvalue weighted by molar-refractivity contribution is 7.89. The lowest BCUT2D eigenvalue weighted by Gasteiger charge is -2.26. The zero-order valence-electron chi connectivity index (χ0n) is 17.6. The van der Waals surface area contributed by atoms with Crippen LogP contribution >= 0.6 is 0 Å². The summed E-state index contributed by atoms with van der Waals surface area (Å²) < 4.78 is 32.2. The zero-order chi connectivity index (χ0) is 21.8. The highest BCUT2D eigenvalue weighted by atomic mass is 32.2. The highest BCUT2D eigenvalue weighted by Gasteiger charge is 2.26. The molecule has 0 bridgehead atoms. The first-order chi connectivity index (χ1) is 14.9. The number of sulfonamides is 1. The van der Waals surface area contributed by atoms with Gasteiger partial charge in [0.05, 0.1) is 18.1 Å². The second-order valence-electron chi connectivity index (χ2n) is 7.34. The Balaban J connectivity index is 1.49. The SMILES string of the molecule is Cc1nc(-c2ccccn2)nc(NCc2ccc(S(=O)(=O)N3CCOCC3)cc2)c1C. The molecular weight excluding hydrogens is 414 g/mol. The lowest BCUT2D eigenvalue weighted by molar-refractivity contribution is 0.0730. The minimum Gasteiger partial charge on any atom is -0.379 e. The number of aryl methyl sites for hydroxylation is 1. The number of aromatic nitrogens is 3. The summed E-state index contributed by atoms with van der Waals surface area (Å²) in [5, 5.41) is 3.35. The minimum atomic E-state index is -3.49. The van der Waals surface area contributed by atoms with Crippen molar-refractivity contribution in [1.29, 1.82) is 0 Å². The molecule has 0 radical (unpaired) electrons. The van der Waals surface area contributed by atoms with E-state index in [2.05, 4.69) is 20.3 Å². The summed E-state index contributed by atoms with van der Waals surface area (Å²) in [5.74, 6) is 1.30. The van der Waals surface area contributed by atoms with Crippen molar-refractivity contribution in [2.75, 3.05) is 31.6 Å². The van der Waals surface area contributed by atoms with Crippen molar-refractivity contribution < 1.29 is 13.2 Å². The summed E-state index contributed by atoms with van der Waals surface area (Å²) in [6.07, 6.45) is 1.72. The van der Waals surface area contributed by atoms with E-state index >= 15 is 0 Å². The molecule has 8 nitrogen and oxygen atoms in total. The van der Waals surface area contributed by atoms with Gasteiger partial charge in [0.2, 0.25) is 10.0 Å². The second kappa shape index (κ2) is 9.09. The molecule has 0 spiro atoms. The fraction of sp³-hybridized carbons (Fsp3) is 0.318. The Morgan fingerprint density at radius 3 is 2.45 bits per heavy atom. The lowest BCUT2D eigenvalue weighted by atomic mass is 10.2. The Labute approximate surface area is 182 Å². The Morgan fingerprint density at radius 1 is 1.03 bits per heavy atom. The van der Waals surface area contributed by atoms with Gasteiger partial charge >= 0.3 is 0 Å². The van der Waals surface area contributed by atoms with E-state index in [1.807, 2.05) is 44.2 Å². The fourth-order valence-corrected chi connectivity index (χ4v) is 4.72. The van der Waals surface area contributed by atoms with Crippen LogP contribution in [0.25, 0.3) is 11.5 Å². The molecule has 0 saturated carbocycles. The van der Waals surface area contributed by atoms with Crippen LogP contribution in [0, 0.1) is 13.8 Å². The molecule has 1 aliphatic rings. The van der Waals surface area contributed by atoms with Crippen molar-refractivity contribution in [2.45, 2.75) is 25.3 Å². The predicted octanol–water partition coefficient (Wildman–Crippen LogP) is 2.79. The molecule has 3 aromatic rings. The average molecular weight is 440 g/mol. The second-order valence-corrected chi connectivity index (χ2v) is 9.27.